The Labute approximate surface area is 90.3 Å². The Morgan fingerprint density at radius 2 is 1.93 bits per heavy atom. The van der Waals surface area contributed by atoms with Gasteiger partial charge in [0.1, 0.15) is 5.75 Å². The van der Waals surface area contributed by atoms with Gasteiger partial charge in [0.2, 0.25) is 0 Å². The number of rotatable bonds is 5. The second kappa shape index (κ2) is 5.73. The lowest BCUT2D eigenvalue weighted by Crippen LogP contribution is -1.98. The molecule has 2 N–H and O–H groups in total. The van der Waals surface area contributed by atoms with Gasteiger partial charge in [-0.05, 0) is 30.0 Å². The van der Waals surface area contributed by atoms with E-state index in [-0.39, 0.29) is 12.4 Å². The first-order valence-corrected chi connectivity index (χ1v) is 5.16. The zero-order valence-corrected chi connectivity index (χ0v) is 9.29. The van der Waals surface area contributed by atoms with E-state index in [1.807, 2.05) is 12.1 Å². The van der Waals surface area contributed by atoms with Crippen molar-refractivity contribution in [3.05, 3.63) is 28.8 Å². The number of methoxy groups -OCH3 is 1. The molecule has 0 bridgehead atoms. The first-order valence-electron chi connectivity index (χ1n) is 5.16. The normalized spacial score (nSPS) is 10.6. The van der Waals surface area contributed by atoms with Crippen LogP contribution >= 0.6 is 0 Å². The third-order valence-electron chi connectivity index (χ3n) is 2.42. The molecule has 0 saturated carbocycles. The minimum Gasteiger partial charge on any atom is -0.507 e. The SMILES string of the molecule is CCc1cc(CCO)c(O)c(COC)c1. The highest BCUT2D eigenvalue weighted by Crippen LogP contribution is 2.26. The van der Waals surface area contributed by atoms with Crippen LogP contribution in [0.15, 0.2) is 12.1 Å². The molecule has 84 valence electrons. The van der Waals surface area contributed by atoms with Crippen molar-refractivity contribution in [2.24, 2.45) is 0 Å². The predicted octanol–water partition coefficient (Wildman–Crippen LogP) is 1.64. The van der Waals surface area contributed by atoms with E-state index < -0.39 is 0 Å². The minimum atomic E-state index is 0.0488. The van der Waals surface area contributed by atoms with Crippen molar-refractivity contribution in [1.29, 1.82) is 0 Å². The molecule has 0 atom stereocenters. The lowest BCUT2D eigenvalue weighted by atomic mass is 10.0. The highest BCUT2D eigenvalue weighted by atomic mass is 16.5. The molecule has 0 amide bonds. The number of aryl methyl sites for hydroxylation is 1. The largest absolute Gasteiger partial charge is 0.507 e. The van der Waals surface area contributed by atoms with E-state index in [9.17, 15) is 5.11 Å². The fraction of sp³-hybridized carbons (Fsp3) is 0.500. The summed E-state index contributed by atoms with van der Waals surface area (Å²) in [4.78, 5) is 0. The third-order valence-corrected chi connectivity index (χ3v) is 2.42. The van der Waals surface area contributed by atoms with Gasteiger partial charge < -0.3 is 14.9 Å². The summed E-state index contributed by atoms with van der Waals surface area (Å²) in [6.45, 7) is 2.51. The number of hydrogen-bond donors (Lipinski definition) is 2. The second-order valence-corrected chi connectivity index (χ2v) is 3.52. The topological polar surface area (TPSA) is 49.7 Å². The van der Waals surface area contributed by atoms with E-state index in [2.05, 4.69) is 6.92 Å². The van der Waals surface area contributed by atoms with Gasteiger partial charge in [0.15, 0.2) is 0 Å². The lowest BCUT2D eigenvalue weighted by molar-refractivity contribution is 0.181. The molecule has 15 heavy (non-hydrogen) atoms. The monoisotopic (exact) mass is 210 g/mol. The molecule has 1 aromatic rings. The molecule has 0 heterocycles. The van der Waals surface area contributed by atoms with Gasteiger partial charge in [-0.25, -0.2) is 0 Å². The van der Waals surface area contributed by atoms with E-state index in [4.69, 9.17) is 9.84 Å². The fourth-order valence-electron chi connectivity index (χ4n) is 1.61. The summed E-state index contributed by atoms with van der Waals surface area (Å²) in [5, 5.41) is 18.8. The van der Waals surface area contributed by atoms with Crippen molar-refractivity contribution in [2.45, 2.75) is 26.4 Å². The van der Waals surface area contributed by atoms with Gasteiger partial charge in [-0.2, -0.15) is 0 Å². The fourth-order valence-corrected chi connectivity index (χ4v) is 1.61. The van der Waals surface area contributed by atoms with Crippen molar-refractivity contribution in [1.82, 2.24) is 0 Å². The van der Waals surface area contributed by atoms with Crippen LogP contribution in [0, 0.1) is 0 Å². The van der Waals surface area contributed by atoms with Crippen molar-refractivity contribution < 1.29 is 14.9 Å². The summed E-state index contributed by atoms with van der Waals surface area (Å²) in [6.07, 6.45) is 1.39. The number of aliphatic hydroxyl groups is 1. The smallest absolute Gasteiger partial charge is 0.124 e. The predicted molar refractivity (Wildman–Crippen MR) is 59.0 cm³/mol. The molecule has 0 fully saturated rings. The van der Waals surface area contributed by atoms with Crippen molar-refractivity contribution in [2.75, 3.05) is 13.7 Å². The zero-order chi connectivity index (χ0) is 11.3. The molecule has 0 unspecified atom stereocenters. The Morgan fingerprint density at radius 1 is 1.27 bits per heavy atom. The van der Waals surface area contributed by atoms with Crippen molar-refractivity contribution in [3.63, 3.8) is 0 Å². The molecule has 0 spiro atoms. The van der Waals surface area contributed by atoms with Crippen LogP contribution in [0.4, 0.5) is 0 Å². The molecule has 3 nitrogen and oxygen atoms in total. The molecular formula is C12H18O3. The van der Waals surface area contributed by atoms with E-state index in [0.29, 0.717) is 13.0 Å². The van der Waals surface area contributed by atoms with Crippen molar-refractivity contribution in [3.8, 4) is 5.75 Å². The lowest BCUT2D eigenvalue weighted by Gasteiger charge is -2.11. The van der Waals surface area contributed by atoms with Crippen molar-refractivity contribution >= 4 is 0 Å². The average Bonchev–Trinajstić information content (AvgIpc) is 2.24. The molecule has 0 aromatic heterocycles. The van der Waals surface area contributed by atoms with Crippen LogP contribution in [-0.4, -0.2) is 23.9 Å². The Kier molecular flexibility index (Phi) is 4.59. The highest BCUT2D eigenvalue weighted by molar-refractivity contribution is 5.43. The van der Waals surface area contributed by atoms with Crippen LogP contribution in [0.5, 0.6) is 5.75 Å². The number of aromatic hydroxyl groups is 1. The maximum atomic E-state index is 9.88. The molecular weight excluding hydrogens is 192 g/mol. The molecule has 3 heteroatoms. The molecule has 0 aliphatic carbocycles. The molecule has 1 aromatic carbocycles. The number of phenolic OH excluding ortho intramolecular Hbond substituents is 1. The van der Waals surface area contributed by atoms with Gasteiger partial charge in [0, 0.05) is 19.3 Å². The maximum absolute atomic E-state index is 9.88. The third kappa shape index (κ3) is 2.94. The van der Waals surface area contributed by atoms with Crippen LogP contribution in [-0.2, 0) is 24.2 Å². The number of phenols is 1. The van der Waals surface area contributed by atoms with E-state index >= 15 is 0 Å². The summed E-state index contributed by atoms with van der Waals surface area (Å²) < 4.78 is 5.02. The van der Waals surface area contributed by atoms with Crippen LogP contribution in [0.1, 0.15) is 23.6 Å². The zero-order valence-electron chi connectivity index (χ0n) is 9.29. The molecule has 0 aliphatic heterocycles. The molecule has 0 aliphatic rings. The first-order chi connectivity index (χ1) is 7.22. The van der Waals surface area contributed by atoms with Crippen LogP contribution in [0.3, 0.4) is 0 Å². The van der Waals surface area contributed by atoms with E-state index in [1.165, 1.54) is 0 Å². The van der Waals surface area contributed by atoms with Gasteiger partial charge in [-0.15, -0.1) is 0 Å². The summed E-state index contributed by atoms with van der Waals surface area (Å²) in [6, 6.07) is 3.88. The molecule has 0 saturated heterocycles. The number of aliphatic hydroxyl groups excluding tert-OH is 1. The minimum absolute atomic E-state index is 0.0488. The Morgan fingerprint density at radius 3 is 2.47 bits per heavy atom. The number of benzene rings is 1. The average molecular weight is 210 g/mol. The molecule has 1 rings (SSSR count). The van der Waals surface area contributed by atoms with E-state index in [0.717, 1.165) is 23.1 Å². The highest BCUT2D eigenvalue weighted by Gasteiger charge is 2.08. The van der Waals surface area contributed by atoms with Gasteiger partial charge in [0.25, 0.3) is 0 Å². The summed E-state index contributed by atoms with van der Waals surface area (Å²) >= 11 is 0. The summed E-state index contributed by atoms with van der Waals surface area (Å²) in [7, 11) is 1.60. The standard InChI is InChI=1S/C12H18O3/c1-3-9-6-10(4-5-13)12(14)11(7-9)8-15-2/h6-7,13-14H,3-5,8H2,1-2H3. The maximum Gasteiger partial charge on any atom is 0.124 e. The van der Waals surface area contributed by atoms with E-state index in [1.54, 1.807) is 7.11 Å². The van der Waals surface area contributed by atoms with Gasteiger partial charge in [0.05, 0.1) is 6.61 Å². The van der Waals surface area contributed by atoms with Crippen LogP contribution in [0.2, 0.25) is 0 Å². The Balaban J connectivity index is 3.08. The summed E-state index contributed by atoms with van der Waals surface area (Å²) in [5.74, 6) is 0.253. The Bertz CT molecular complexity index is 294. The second-order valence-electron chi connectivity index (χ2n) is 3.52. The number of ether oxygens (including phenoxy) is 1. The van der Waals surface area contributed by atoms with Crippen LogP contribution in [0.25, 0.3) is 0 Å². The van der Waals surface area contributed by atoms with Crippen LogP contribution < -0.4 is 0 Å². The van der Waals surface area contributed by atoms with Gasteiger partial charge >= 0.3 is 0 Å². The number of hydrogen-bond acceptors (Lipinski definition) is 3. The molecule has 0 radical (unpaired) electrons. The summed E-state index contributed by atoms with van der Waals surface area (Å²) in [5.41, 5.74) is 2.74. The first kappa shape index (κ1) is 12.0. The van der Waals surface area contributed by atoms with Gasteiger partial charge in [-0.3, -0.25) is 0 Å². The Hall–Kier alpha value is -1.06. The quantitative estimate of drug-likeness (QED) is 0.776. The van der Waals surface area contributed by atoms with Gasteiger partial charge in [-0.1, -0.05) is 13.0 Å².